The number of pyridine rings is 1. The van der Waals surface area contributed by atoms with Gasteiger partial charge in [-0.05, 0) is 12.1 Å². The summed E-state index contributed by atoms with van der Waals surface area (Å²) in [5.41, 5.74) is 0.424. The lowest BCUT2D eigenvalue weighted by Crippen LogP contribution is -2.32. The molecule has 0 radical (unpaired) electrons. The predicted molar refractivity (Wildman–Crippen MR) is 63.2 cm³/mol. The molecular weight excluding hydrogens is 222 g/mol. The fourth-order valence-electron chi connectivity index (χ4n) is 1.29. The van der Waals surface area contributed by atoms with Gasteiger partial charge in [-0.25, -0.2) is 4.98 Å². The molecule has 1 heterocycles. The largest absolute Gasteiger partial charge is 0.480 e. The van der Waals surface area contributed by atoms with Gasteiger partial charge in [0.25, 0.3) is 5.91 Å². The average Bonchev–Trinajstić information content (AvgIpc) is 2.27. The third kappa shape index (κ3) is 3.44. The summed E-state index contributed by atoms with van der Waals surface area (Å²) in [6, 6.07) is 3.19. The number of carboxylic acids is 1. The molecule has 0 aliphatic heterocycles. The predicted octanol–water partition coefficient (Wildman–Crippen LogP) is 0.304. The Hall–Kier alpha value is -2.11. The van der Waals surface area contributed by atoms with Crippen LogP contribution in [0.15, 0.2) is 18.3 Å². The second-order valence-corrected chi connectivity index (χ2v) is 3.85. The number of rotatable bonds is 4. The van der Waals surface area contributed by atoms with Crippen LogP contribution in [0.4, 0.5) is 5.82 Å². The molecule has 1 aromatic rings. The van der Waals surface area contributed by atoms with Gasteiger partial charge >= 0.3 is 5.97 Å². The monoisotopic (exact) mass is 237 g/mol. The first-order valence-electron chi connectivity index (χ1n) is 5.02. The fraction of sp³-hybridized carbons (Fsp3) is 0.364. The second-order valence-electron chi connectivity index (χ2n) is 3.85. The highest BCUT2D eigenvalue weighted by Gasteiger charge is 2.15. The first-order valence-corrected chi connectivity index (χ1v) is 5.02. The first kappa shape index (κ1) is 13.0. The number of carbonyl (C=O) groups is 2. The van der Waals surface area contributed by atoms with E-state index in [2.05, 4.69) is 4.98 Å². The Morgan fingerprint density at radius 1 is 1.35 bits per heavy atom. The number of amides is 1. The molecule has 6 nitrogen and oxygen atoms in total. The quantitative estimate of drug-likeness (QED) is 0.815. The van der Waals surface area contributed by atoms with Crippen molar-refractivity contribution in [2.75, 3.05) is 32.6 Å². The molecule has 0 fully saturated rings. The number of aliphatic carboxylic acids is 1. The summed E-state index contributed by atoms with van der Waals surface area (Å²) in [5.74, 6) is -0.722. The SMILES string of the molecule is CN(CC(=O)O)C(=O)c1ccnc(N(C)C)c1. The zero-order chi connectivity index (χ0) is 13.0. The molecule has 0 unspecified atom stereocenters. The van der Waals surface area contributed by atoms with Gasteiger partial charge in [-0.2, -0.15) is 0 Å². The van der Waals surface area contributed by atoms with E-state index in [1.165, 1.54) is 13.2 Å². The summed E-state index contributed by atoms with van der Waals surface area (Å²) < 4.78 is 0. The highest BCUT2D eigenvalue weighted by molar-refractivity contribution is 5.96. The lowest BCUT2D eigenvalue weighted by Gasteiger charge is -2.16. The Labute approximate surface area is 99.5 Å². The highest BCUT2D eigenvalue weighted by atomic mass is 16.4. The minimum absolute atomic E-state index is 0.321. The summed E-state index contributed by atoms with van der Waals surface area (Å²) in [6.07, 6.45) is 1.52. The van der Waals surface area contributed by atoms with Crippen molar-refractivity contribution in [2.45, 2.75) is 0 Å². The molecule has 1 aromatic heterocycles. The van der Waals surface area contributed by atoms with Gasteiger partial charge in [0.2, 0.25) is 0 Å². The molecule has 1 rings (SSSR count). The van der Waals surface area contributed by atoms with Crippen molar-refractivity contribution in [2.24, 2.45) is 0 Å². The van der Waals surface area contributed by atoms with Gasteiger partial charge in [-0.3, -0.25) is 9.59 Å². The molecule has 0 atom stereocenters. The third-order valence-electron chi connectivity index (χ3n) is 2.17. The van der Waals surface area contributed by atoms with E-state index in [4.69, 9.17) is 5.11 Å². The van der Waals surface area contributed by atoms with E-state index in [9.17, 15) is 9.59 Å². The molecular formula is C11H15N3O3. The molecule has 0 aliphatic rings. The normalized spacial score (nSPS) is 9.82. The number of hydrogen-bond acceptors (Lipinski definition) is 4. The highest BCUT2D eigenvalue weighted by Crippen LogP contribution is 2.11. The maximum absolute atomic E-state index is 11.9. The van der Waals surface area contributed by atoms with Gasteiger partial charge in [0.15, 0.2) is 0 Å². The van der Waals surface area contributed by atoms with Crippen LogP contribution in [0.3, 0.4) is 0 Å². The zero-order valence-electron chi connectivity index (χ0n) is 10.0. The van der Waals surface area contributed by atoms with Crippen molar-refractivity contribution in [1.82, 2.24) is 9.88 Å². The average molecular weight is 237 g/mol. The lowest BCUT2D eigenvalue weighted by atomic mass is 10.2. The van der Waals surface area contributed by atoms with E-state index < -0.39 is 5.97 Å². The van der Waals surface area contributed by atoms with Gasteiger partial charge in [0, 0.05) is 32.9 Å². The van der Waals surface area contributed by atoms with Crippen molar-refractivity contribution >= 4 is 17.7 Å². The number of carbonyl (C=O) groups excluding carboxylic acids is 1. The van der Waals surface area contributed by atoms with Crippen LogP contribution in [0.2, 0.25) is 0 Å². The smallest absolute Gasteiger partial charge is 0.323 e. The van der Waals surface area contributed by atoms with Crippen molar-refractivity contribution < 1.29 is 14.7 Å². The second kappa shape index (κ2) is 5.29. The Balaban J connectivity index is 2.88. The third-order valence-corrected chi connectivity index (χ3v) is 2.17. The molecule has 1 N–H and O–H groups in total. The van der Waals surface area contributed by atoms with E-state index in [1.807, 2.05) is 14.1 Å². The summed E-state index contributed by atoms with van der Waals surface area (Å²) in [5, 5.41) is 8.61. The van der Waals surface area contributed by atoms with Gasteiger partial charge < -0.3 is 14.9 Å². The van der Waals surface area contributed by atoms with E-state index in [1.54, 1.807) is 17.0 Å². The topological polar surface area (TPSA) is 73.7 Å². The minimum atomic E-state index is -1.04. The molecule has 0 aromatic carbocycles. The Morgan fingerprint density at radius 3 is 2.53 bits per heavy atom. The van der Waals surface area contributed by atoms with Crippen LogP contribution in [-0.2, 0) is 4.79 Å². The Morgan fingerprint density at radius 2 is 2.00 bits per heavy atom. The van der Waals surface area contributed by atoms with Gasteiger partial charge in [-0.15, -0.1) is 0 Å². The van der Waals surface area contributed by atoms with Gasteiger partial charge in [0.05, 0.1) is 0 Å². The van der Waals surface area contributed by atoms with Crippen LogP contribution in [-0.4, -0.2) is 54.6 Å². The maximum atomic E-state index is 11.9. The molecule has 0 bridgehead atoms. The Bertz CT molecular complexity index is 432. The Kier molecular flexibility index (Phi) is 4.03. The zero-order valence-corrected chi connectivity index (χ0v) is 10.0. The van der Waals surface area contributed by atoms with Crippen LogP contribution in [0.5, 0.6) is 0 Å². The maximum Gasteiger partial charge on any atom is 0.323 e. The first-order chi connectivity index (χ1) is 7.91. The van der Waals surface area contributed by atoms with Gasteiger partial charge in [0.1, 0.15) is 12.4 Å². The number of carboxylic acid groups (broad SMARTS) is 1. The molecule has 0 spiro atoms. The van der Waals surface area contributed by atoms with E-state index >= 15 is 0 Å². The summed E-state index contributed by atoms with van der Waals surface area (Å²) >= 11 is 0. The van der Waals surface area contributed by atoms with E-state index in [0.29, 0.717) is 11.4 Å². The number of likely N-dealkylation sites (N-methyl/N-ethyl adjacent to an activating group) is 1. The lowest BCUT2D eigenvalue weighted by molar-refractivity contribution is -0.137. The van der Waals surface area contributed by atoms with Gasteiger partial charge in [-0.1, -0.05) is 0 Å². The number of aromatic nitrogens is 1. The van der Waals surface area contributed by atoms with Crippen molar-refractivity contribution in [3.8, 4) is 0 Å². The molecule has 6 heteroatoms. The molecule has 0 saturated carbocycles. The van der Waals surface area contributed by atoms with Crippen LogP contribution >= 0.6 is 0 Å². The van der Waals surface area contributed by atoms with Crippen LogP contribution in [0.25, 0.3) is 0 Å². The van der Waals surface area contributed by atoms with Crippen molar-refractivity contribution in [1.29, 1.82) is 0 Å². The van der Waals surface area contributed by atoms with Crippen molar-refractivity contribution in [3.63, 3.8) is 0 Å². The number of anilines is 1. The standard InChI is InChI=1S/C11H15N3O3/c1-13(2)9-6-8(4-5-12-9)11(17)14(3)7-10(15)16/h4-6H,7H2,1-3H3,(H,15,16). The van der Waals surface area contributed by atoms with Crippen LogP contribution in [0.1, 0.15) is 10.4 Å². The summed E-state index contributed by atoms with van der Waals surface area (Å²) in [7, 11) is 5.08. The fourth-order valence-corrected chi connectivity index (χ4v) is 1.29. The number of nitrogens with zero attached hydrogens (tertiary/aromatic N) is 3. The van der Waals surface area contributed by atoms with Crippen LogP contribution in [0, 0.1) is 0 Å². The summed E-state index contributed by atoms with van der Waals surface area (Å²) in [6.45, 7) is -0.321. The number of hydrogen-bond donors (Lipinski definition) is 1. The minimum Gasteiger partial charge on any atom is -0.480 e. The van der Waals surface area contributed by atoms with E-state index in [-0.39, 0.29) is 12.5 Å². The molecule has 0 saturated heterocycles. The molecule has 1 amide bonds. The molecule has 17 heavy (non-hydrogen) atoms. The molecule has 0 aliphatic carbocycles. The van der Waals surface area contributed by atoms with Crippen molar-refractivity contribution in [3.05, 3.63) is 23.9 Å². The van der Waals surface area contributed by atoms with Crippen LogP contribution < -0.4 is 4.90 Å². The van der Waals surface area contributed by atoms with E-state index in [0.717, 1.165) is 4.90 Å². The molecule has 92 valence electrons. The summed E-state index contributed by atoms with van der Waals surface area (Å²) in [4.78, 5) is 29.4.